The molecule has 1 aliphatic heterocycles. The quantitative estimate of drug-likeness (QED) is 0.864. The molecule has 0 aliphatic carbocycles. The highest BCUT2D eigenvalue weighted by atomic mass is 16.5. The van der Waals surface area contributed by atoms with Crippen molar-refractivity contribution in [1.82, 2.24) is 5.32 Å². The van der Waals surface area contributed by atoms with Gasteiger partial charge in [-0.25, -0.2) is 0 Å². The van der Waals surface area contributed by atoms with Gasteiger partial charge in [-0.2, -0.15) is 0 Å². The first-order valence-electron chi connectivity index (χ1n) is 7.16. The molecule has 1 aliphatic rings. The average molecular weight is 247 g/mol. The standard InChI is InChI=1S/C16H25NO/c1-3-17-16(15-8-5-9-18-12-15)11-14-7-4-6-13(2)10-14/h4,6-7,10,15-17H,3,5,8-9,11-12H2,1-2H3. The van der Waals surface area contributed by atoms with E-state index in [1.165, 1.54) is 24.0 Å². The van der Waals surface area contributed by atoms with Crippen LogP contribution in [0.2, 0.25) is 0 Å². The number of hydrogen-bond acceptors (Lipinski definition) is 2. The number of ether oxygens (including phenoxy) is 1. The van der Waals surface area contributed by atoms with Crippen molar-refractivity contribution in [2.45, 2.75) is 39.2 Å². The van der Waals surface area contributed by atoms with Crippen LogP contribution in [0.4, 0.5) is 0 Å². The fourth-order valence-electron chi connectivity index (χ4n) is 2.84. The summed E-state index contributed by atoms with van der Waals surface area (Å²) in [7, 11) is 0. The maximum Gasteiger partial charge on any atom is 0.0509 e. The summed E-state index contributed by atoms with van der Waals surface area (Å²) in [5.41, 5.74) is 2.79. The molecule has 1 fully saturated rings. The molecule has 100 valence electrons. The van der Waals surface area contributed by atoms with Gasteiger partial charge in [-0.05, 0) is 44.2 Å². The Hall–Kier alpha value is -0.860. The van der Waals surface area contributed by atoms with Gasteiger partial charge in [0.2, 0.25) is 0 Å². The second-order valence-electron chi connectivity index (χ2n) is 5.33. The summed E-state index contributed by atoms with van der Waals surface area (Å²) < 4.78 is 5.63. The van der Waals surface area contributed by atoms with Gasteiger partial charge in [-0.3, -0.25) is 0 Å². The number of rotatable bonds is 5. The summed E-state index contributed by atoms with van der Waals surface area (Å²) in [5.74, 6) is 0.666. The fourth-order valence-corrected chi connectivity index (χ4v) is 2.84. The van der Waals surface area contributed by atoms with Crippen LogP contribution in [0.25, 0.3) is 0 Å². The summed E-state index contributed by atoms with van der Waals surface area (Å²) in [6, 6.07) is 9.41. The summed E-state index contributed by atoms with van der Waals surface area (Å²) in [5, 5.41) is 3.64. The van der Waals surface area contributed by atoms with E-state index in [0.29, 0.717) is 12.0 Å². The van der Waals surface area contributed by atoms with Crippen molar-refractivity contribution < 1.29 is 4.74 Å². The van der Waals surface area contributed by atoms with Crippen LogP contribution in [0.1, 0.15) is 30.9 Å². The number of aryl methyl sites for hydroxylation is 1. The fraction of sp³-hybridized carbons (Fsp3) is 0.625. The molecule has 2 heteroatoms. The predicted octanol–water partition coefficient (Wildman–Crippen LogP) is 2.94. The molecular weight excluding hydrogens is 222 g/mol. The van der Waals surface area contributed by atoms with Crippen molar-refractivity contribution in [2.24, 2.45) is 5.92 Å². The molecule has 1 heterocycles. The Morgan fingerprint density at radius 3 is 3.00 bits per heavy atom. The topological polar surface area (TPSA) is 21.3 Å². The van der Waals surface area contributed by atoms with Gasteiger partial charge in [0.15, 0.2) is 0 Å². The lowest BCUT2D eigenvalue weighted by atomic mass is 9.89. The van der Waals surface area contributed by atoms with E-state index in [1.54, 1.807) is 0 Å². The summed E-state index contributed by atoms with van der Waals surface area (Å²) in [6.07, 6.45) is 3.62. The third kappa shape index (κ3) is 3.82. The van der Waals surface area contributed by atoms with Gasteiger partial charge >= 0.3 is 0 Å². The average Bonchev–Trinajstić information content (AvgIpc) is 2.39. The number of likely N-dealkylation sites (N-methyl/N-ethyl adjacent to an activating group) is 1. The third-order valence-electron chi connectivity index (χ3n) is 3.77. The zero-order valence-electron chi connectivity index (χ0n) is 11.6. The molecule has 2 atom stereocenters. The number of benzene rings is 1. The first kappa shape index (κ1) is 13.6. The Bertz CT molecular complexity index is 358. The molecule has 2 rings (SSSR count). The molecule has 1 saturated heterocycles. The molecule has 0 saturated carbocycles. The lowest BCUT2D eigenvalue weighted by Crippen LogP contribution is -2.41. The van der Waals surface area contributed by atoms with Crippen molar-refractivity contribution in [3.8, 4) is 0 Å². The van der Waals surface area contributed by atoms with E-state index < -0.39 is 0 Å². The number of hydrogen-bond donors (Lipinski definition) is 1. The monoisotopic (exact) mass is 247 g/mol. The SMILES string of the molecule is CCNC(Cc1cccc(C)c1)C1CCCOC1. The minimum Gasteiger partial charge on any atom is -0.381 e. The maximum absolute atomic E-state index is 5.63. The van der Waals surface area contributed by atoms with Crippen molar-refractivity contribution in [1.29, 1.82) is 0 Å². The lowest BCUT2D eigenvalue weighted by molar-refractivity contribution is 0.0396. The van der Waals surface area contributed by atoms with Crippen LogP contribution in [0.3, 0.4) is 0 Å². The number of nitrogens with one attached hydrogen (secondary N) is 1. The summed E-state index contributed by atoms with van der Waals surface area (Å²) >= 11 is 0. The van der Waals surface area contributed by atoms with Gasteiger partial charge in [-0.1, -0.05) is 36.8 Å². The molecule has 0 radical (unpaired) electrons. The molecule has 2 unspecified atom stereocenters. The molecule has 0 aromatic heterocycles. The van der Waals surface area contributed by atoms with Gasteiger partial charge in [0, 0.05) is 12.6 Å². The van der Waals surface area contributed by atoms with E-state index in [4.69, 9.17) is 4.74 Å². The molecule has 1 N–H and O–H groups in total. The lowest BCUT2D eigenvalue weighted by Gasteiger charge is -2.31. The highest BCUT2D eigenvalue weighted by molar-refractivity contribution is 5.23. The van der Waals surface area contributed by atoms with E-state index in [0.717, 1.165) is 26.2 Å². The largest absolute Gasteiger partial charge is 0.381 e. The normalized spacial score (nSPS) is 21.8. The van der Waals surface area contributed by atoms with E-state index >= 15 is 0 Å². The Labute approximate surface area is 111 Å². The Morgan fingerprint density at radius 2 is 2.33 bits per heavy atom. The van der Waals surface area contributed by atoms with E-state index in [2.05, 4.69) is 43.4 Å². The van der Waals surface area contributed by atoms with Crippen LogP contribution in [0.5, 0.6) is 0 Å². The van der Waals surface area contributed by atoms with Gasteiger partial charge in [0.05, 0.1) is 6.61 Å². The summed E-state index contributed by atoms with van der Waals surface area (Å²) in [6.45, 7) is 7.25. The van der Waals surface area contributed by atoms with Crippen LogP contribution < -0.4 is 5.32 Å². The molecule has 1 aromatic carbocycles. The highest BCUT2D eigenvalue weighted by Gasteiger charge is 2.23. The Balaban J connectivity index is 2.00. The smallest absolute Gasteiger partial charge is 0.0509 e. The molecule has 1 aromatic rings. The van der Waals surface area contributed by atoms with Crippen LogP contribution in [-0.4, -0.2) is 25.8 Å². The van der Waals surface area contributed by atoms with Crippen molar-refractivity contribution in [3.63, 3.8) is 0 Å². The second-order valence-corrected chi connectivity index (χ2v) is 5.33. The van der Waals surface area contributed by atoms with Crippen molar-refractivity contribution in [3.05, 3.63) is 35.4 Å². The first-order chi connectivity index (χ1) is 8.79. The Kier molecular flexibility index (Phi) is 5.21. The van der Waals surface area contributed by atoms with Gasteiger partial charge < -0.3 is 10.1 Å². The molecule has 0 bridgehead atoms. The van der Waals surface area contributed by atoms with E-state index in [9.17, 15) is 0 Å². The van der Waals surface area contributed by atoms with E-state index in [-0.39, 0.29) is 0 Å². The van der Waals surface area contributed by atoms with Crippen LogP contribution in [-0.2, 0) is 11.2 Å². The minimum atomic E-state index is 0.553. The zero-order chi connectivity index (χ0) is 12.8. The first-order valence-corrected chi connectivity index (χ1v) is 7.16. The second kappa shape index (κ2) is 6.91. The van der Waals surface area contributed by atoms with Crippen LogP contribution in [0.15, 0.2) is 24.3 Å². The molecule has 0 spiro atoms. The molecule has 2 nitrogen and oxygen atoms in total. The zero-order valence-corrected chi connectivity index (χ0v) is 11.6. The molecule has 18 heavy (non-hydrogen) atoms. The predicted molar refractivity (Wildman–Crippen MR) is 75.9 cm³/mol. The Morgan fingerprint density at radius 1 is 1.44 bits per heavy atom. The van der Waals surface area contributed by atoms with Crippen molar-refractivity contribution in [2.75, 3.05) is 19.8 Å². The maximum atomic E-state index is 5.63. The molecular formula is C16H25NO. The van der Waals surface area contributed by atoms with Crippen molar-refractivity contribution >= 4 is 0 Å². The van der Waals surface area contributed by atoms with Gasteiger partial charge in [0.1, 0.15) is 0 Å². The van der Waals surface area contributed by atoms with Crippen LogP contribution in [0, 0.1) is 12.8 Å². The van der Waals surface area contributed by atoms with Crippen LogP contribution >= 0.6 is 0 Å². The van der Waals surface area contributed by atoms with E-state index in [1.807, 2.05) is 0 Å². The highest BCUT2D eigenvalue weighted by Crippen LogP contribution is 2.20. The summed E-state index contributed by atoms with van der Waals surface area (Å²) in [4.78, 5) is 0. The third-order valence-corrected chi connectivity index (χ3v) is 3.77. The minimum absolute atomic E-state index is 0.553. The molecule has 0 amide bonds. The van der Waals surface area contributed by atoms with Gasteiger partial charge in [-0.15, -0.1) is 0 Å². The van der Waals surface area contributed by atoms with Gasteiger partial charge in [0.25, 0.3) is 0 Å².